The van der Waals surface area contributed by atoms with E-state index in [1.54, 1.807) is 0 Å². The minimum Gasteiger partial charge on any atom is -0.486 e. The Hall–Kier alpha value is -1.54. The molecule has 3 heteroatoms. The average Bonchev–Trinajstić information content (AvgIpc) is 3.22. The SMILES string of the molecule is Cc1ccc(OCc2cc(C3CC3)ccn2)c(Cl)c1. The van der Waals surface area contributed by atoms with E-state index in [9.17, 15) is 0 Å². The number of ether oxygens (including phenoxy) is 1. The third kappa shape index (κ3) is 3.07. The zero-order valence-electron chi connectivity index (χ0n) is 10.9. The minimum absolute atomic E-state index is 0.462. The number of aromatic nitrogens is 1. The van der Waals surface area contributed by atoms with Crippen molar-refractivity contribution in [3.8, 4) is 5.75 Å². The van der Waals surface area contributed by atoms with E-state index in [1.807, 2.05) is 31.3 Å². The van der Waals surface area contributed by atoms with Gasteiger partial charge in [-0.1, -0.05) is 17.7 Å². The number of aryl methyl sites for hydroxylation is 1. The highest BCUT2D eigenvalue weighted by molar-refractivity contribution is 6.32. The molecule has 1 saturated carbocycles. The standard InChI is InChI=1S/C16H16ClNO/c1-11-2-5-16(15(17)8-11)19-10-14-9-13(6-7-18-14)12-3-4-12/h2,5-9,12H,3-4,10H2,1H3. The van der Waals surface area contributed by atoms with Crippen LogP contribution in [0.2, 0.25) is 5.02 Å². The molecule has 0 N–H and O–H groups in total. The van der Waals surface area contributed by atoms with E-state index in [0.717, 1.165) is 17.2 Å². The summed E-state index contributed by atoms with van der Waals surface area (Å²) in [5.41, 5.74) is 3.47. The smallest absolute Gasteiger partial charge is 0.138 e. The van der Waals surface area contributed by atoms with E-state index in [4.69, 9.17) is 16.3 Å². The topological polar surface area (TPSA) is 22.1 Å². The lowest BCUT2D eigenvalue weighted by Gasteiger charge is -2.09. The monoisotopic (exact) mass is 273 g/mol. The number of halogens is 1. The summed E-state index contributed by atoms with van der Waals surface area (Å²) in [6.07, 6.45) is 4.46. The lowest BCUT2D eigenvalue weighted by Crippen LogP contribution is -1.99. The summed E-state index contributed by atoms with van der Waals surface area (Å²) in [7, 11) is 0. The molecule has 0 aliphatic heterocycles. The van der Waals surface area contributed by atoms with Gasteiger partial charge in [0.25, 0.3) is 0 Å². The van der Waals surface area contributed by atoms with Crippen LogP contribution in [0.15, 0.2) is 36.5 Å². The van der Waals surface area contributed by atoms with Gasteiger partial charge in [-0.15, -0.1) is 0 Å². The van der Waals surface area contributed by atoms with Crippen molar-refractivity contribution in [2.45, 2.75) is 32.3 Å². The first kappa shape index (κ1) is 12.5. The summed E-state index contributed by atoms with van der Waals surface area (Å²) in [5, 5.41) is 0.651. The van der Waals surface area contributed by atoms with Gasteiger partial charge in [-0.2, -0.15) is 0 Å². The van der Waals surface area contributed by atoms with Gasteiger partial charge in [0.1, 0.15) is 12.4 Å². The van der Waals surface area contributed by atoms with Crippen LogP contribution in [0.3, 0.4) is 0 Å². The predicted octanol–water partition coefficient (Wildman–Crippen LogP) is 4.50. The van der Waals surface area contributed by atoms with Gasteiger partial charge >= 0.3 is 0 Å². The largest absolute Gasteiger partial charge is 0.486 e. The summed E-state index contributed by atoms with van der Waals surface area (Å²) in [4.78, 5) is 4.34. The van der Waals surface area contributed by atoms with Crippen LogP contribution in [0.4, 0.5) is 0 Å². The molecule has 19 heavy (non-hydrogen) atoms. The van der Waals surface area contributed by atoms with Crippen molar-refractivity contribution in [1.29, 1.82) is 0 Å². The Bertz CT molecular complexity index is 593. The van der Waals surface area contributed by atoms with Gasteiger partial charge in [0.15, 0.2) is 0 Å². The first-order chi connectivity index (χ1) is 9.22. The van der Waals surface area contributed by atoms with Gasteiger partial charge in [-0.25, -0.2) is 0 Å². The van der Waals surface area contributed by atoms with E-state index in [0.29, 0.717) is 17.4 Å². The second-order valence-electron chi connectivity index (χ2n) is 5.08. The first-order valence-electron chi connectivity index (χ1n) is 6.56. The van der Waals surface area contributed by atoms with Crippen molar-refractivity contribution in [1.82, 2.24) is 4.98 Å². The Morgan fingerprint density at radius 1 is 1.26 bits per heavy atom. The first-order valence-corrected chi connectivity index (χ1v) is 6.94. The molecule has 1 aromatic heterocycles. The summed E-state index contributed by atoms with van der Waals surface area (Å²) >= 11 is 6.14. The van der Waals surface area contributed by atoms with E-state index in [2.05, 4.69) is 17.1 Å². The van der Waals surface area contributed by atoms with E-state index in [1.165, 1.54) is 18.4 Å². The van der Waals surface area contributed by atoms with Gasteiger partial charge in [-0.05, 0) is 61.1 Å². The number of hydrogen-bond acceptors (Lipinski definition) is 2. The normalized spacial score (nSPS) is 14.4. The van der Waals surface area contributed by atoms with Crippen molar-refractivity contribution in [3.63, 3.8) is 0 Å². The third-order valence-corrected chi connectivity index (χ3v) is 3.65. The third-order valence-electron chi connectivity index (χ3n) is 3.35. The highest BCUT2D eigenvalue weighted by Gasteiger charge is 2.23. The molecule has 0 amide bonds. The Kier molecular flexibility index (Phi) is 3.43. The Labute approximate surface area is 118 Å². The molecule has 0 radical (unpaired) electrons. The zero-order chi connectivity index (χ0) is 13.2. The fourth-order valence-electron chi connectivity index (χ4n) is 2.12. The number of rotatable bonds is 4. The molecule has 1 aromatic carbocycles. The maximum absolute atomic E-state index is 6.14. The lowest BCUT2D eigenvalue weighted by atomic mass is 10.1. The second kappa shape index (κ2) is 5.22. The quantitative estimate of drug-likeness (QED) is 0.818. The molecule has 1 fully saturated rings. The molecule has 0 spiro atoms. The van der Waals surface area contributed by atoms with Crippen LogP contribution in [0.1, 0.15) is 35.6 Å². The molecule has 0 saturated heterocycles. The summed E-state index contributed by atoms with van der Waals surface area (Å²) in [5.74, 6) is 1.45. The Morgan fingerprint density at radius 3 is 2.84 bits per heavy atom. The molecule has 98 valence electrons. The van der Waals surface area contributed by atoms with Crippen LogP contribution in [0.5, 0.6) is 5.75 Å². The van der Waals surface area contributed by atoms with Gasteiger partial charge in [-0.3, -0.25) is 4.98 Å². The zero-order valence-corrected chi connectivity index (χ0v) is 11.7. The highest BCUT2D eigenvalue weighted by Crippen LogP contribution is 2.40. The number of nitrogens with zero attached hydrogens (tertiary/aromatic N) is 1. The van der Waals surface area contributed by atoms with Gasteiger partial charge < -0.3 is 4.74 Å². The average molecular weight is 274 g/mol. The van der Waals surface area contributed by atoms with Crippen LogP contribution in [-0.4, -0.2) is 4.98 Å². The number of pyridine rings is 1. The number of benzene rings is 1. The highest BCUT2D eigenvalue weighted by atomic mass is 35.5. The van der Waals surface area contributed by atoms with Gasteiger partial charge in [0.2, 0.25) is 0 Å². The summed E-state index contributed by atoms with van der Waals surface area (Å²) in [6.45, 7) is 2.47. The molecular weight excluding hydrogens is 258 g/mol. The summed E-state index contributed by atoms with van der Waals surface area (Å²) in [6, 6.07) is 10.0. The fraction of sp³-hybridized carbons (Fsp3) is 0.312. The molecule has 1 aliphatic rings. The fourth-order valence-corrected chi connectivity index (χ4v) is 2.41. The maximum Gasteiger partial charge on any atom is 0.138 e. The van der Waals surface area contributed by atoms with Crippen LogP contribution >= 0.6 is 11.6 Å². The van der Waals surface area contributed by atoms with Crippen LogP contribution in [0.25, 0.3) is 0 Å². The molecule has 0 atom stereocenters. The van der Waals surface area contributed by atoms with Crippen molar-refractivity contribution in [2.75, 3.05) is 0 Å². The molecule has 3 rings (SSSR count). The second-order valence-corrected chi connectivity index (χ2v) is 5.48. The molecule has 2 aromatic rings. The molecular formula is C16H16ClNO. The van der Waals surface area contributed by atoms with Crippen molar-refractivity contribution < 1.29 is 4.74 Å². The number of hydrogen-bond donors (Lipinski definition) is 0. The van der Waals surface area contributed by atoms with Crippen LogP contribution < -0.4 is 4.74 Å². The van der Waals surface area contributed by atoms with E-state index in [-0.39, 0.29) is 0 Å². The van der Waals surface area contributed by atoms with Gasteiger partial charge in [0.05, 0.1) is 10.7 Å². The molecule has 0 unspecified atom stereocenters. The maximum atomic E-state index is 6.14. The summed E-state index contributed by atoms with van der Waals surface area (Å²) < 4.78 is 5.74. The Balaban J connectivity index is 1.69. The molecule has 0 bridgehead atoms. The van der Waals surface area contributed by atoms with E-state index < -0.39 is 0 Å². The predicted molar refractivity (Wildman–Crippen MR) is 76.7 cm³/mol. The van der Waals surface area contributed by atoms with Crippen LogP contribution in [-0.2, 0) is 6.61 Å². The van der Waals surface area contributed by atoms with Crippen molar-refractivity contribution in [2.24, 2.45) is 0 Å². The molecule has 1 heterocycles. The lowest BCUT2D eigenvalue weighted by molar-refractivity contribution is 0.301. The molecule has 2 nitrogen and oxygen atoms in total. The minimum atomic E-state index is 0.462. The van der Waals surface area contributed by atoms with Gasteiger partial charge in [0, 0.05) is 6.20 Å². The molecule has 1 aliphatic carbocycles. The Morgan fingerprint density at radius 2 is 2.11 bits per heavy atom. The van der Waals surface area contributed by atoms with Crippen molar-refractivity contribution in [3.05, 3.63) is 58.4 Å². The van der Waals surface area contributed by atoms with Crippen LogP contribution in [0, 0.1) is 6.92 Å². The van der Waals surface area contributed by atoms with Crippen molar-refractivity contribution >= 4 is 11.6 Å². The van der Waals surface area contributed by atoms with E-state index >= 15 is 0 Å².